The lowest BCUT2D eigenvalue weighted by atomic mass is 9.92. The number of sulfonamides is 1. The van der Waals surface area contributed by atoms with Crippen LogP contribution in [0.1, 0.15) is 50.5 Å². The molecule has 1 aromatic carbocycles. The Kier molecular flexibility index (Phi) is 10.6. The fourth-order valence-corrected chi connectivity index (χ4v) is 6.39. The van der Waals surface area contributed by atoms with Gasteiger partial charge in [-0.25, -0.2) is 18.2 Å². The molecule has 3 aromatic rings. The van der Waals surface area contributed by atoms with Gasteiger partial charge in [0, 0.05) is 12.0 Å². The molecule has 40 heavy (non-hydrogen) atoms. The van der Waals surface area contributed by atoms with E-state index in [4.69, 9.17) is 37.2 Å². The van der Waals surface area contributed by atoms with Crippen LogP contribution < -0.4 is 4.72 Å². The Hall–Kier alpha value is -2.88. The Bertz CT molecular complexity index is 1530. The molecular formula is C22H21Cl2F3N4O7S2. The van der Waals surface area contributed by atoms with Crippen LogP contribution in [0.3, 0.4) is 0 Å². The second-order valence-corrected chi connectivity index (χ2v) is 12.6. The SMILES string of the molecule is CC[C@H](NS(=O)(=O)c1ccc(-c2sc(-c3nnc(CC(C)(C)C)o3)nc2C(=O)O)c(Cl)c1Cl)C(F)(F)F.O=C=O. The highest BCUT2D eigenvalue weighted by molar-refractivity contribution is 7.89. The minimum absolute atomic E-state index is 0.00334. The van der Waals surface area contributed by atoms with E-state index in [1.54, 1.807) is 4.72 Å². The molecule has 0 spiro atoms. The van der Waals surface area contributed by atoms with Crippen LogP contribution in [0.15, 0.2) is 21.4 Å². The molecule has 0 amide bonds. The summed E-state index contributed by atoms with van der Waals surface area (Å²) in [7, 11) is -4.73. The molecule has 218 valence electrons. The van der Waals surface area contributed by atoms with Gasteiger partial charge in [0.1, 0.15) is 10.9 Å². The quantitative estimate of drug-likeness (QED) is 0.319. The number of hydrogen-bond donors (Lipinski definition) is 2. The van der Waals surface area contributed by atoms with Gasteiger partial charge < -0.3 is 9.52 Å². The van der Waals surface area contributed by atoms with Crippen molar-refractivity contribution in [3.8, 4) is 21.3 Å². The summed E-state index contributed by atoms with van der Waals surface area (Å²) in [5.74, 6) is -1.13. The summed E-state index contributed by atoms with van der Waals surface area (Å²) in [5.41, 5.74) is -0.586. The molecule has 0 aliphatic rings. The van der Waals surface area contributed by atoms with Gasteiger partial charge in [-0.2, -0.15) is 27.5 Å². The summed E-state index contributed by atoms with van der Waals surface area (Å²) in [5, 5.41) is 16.7. The summed E-state index contributed by atoms with van der Waals surface area (Å²) >= 11 is 13.3. The molecule has 11 nitrogen and oxygen atoms in total. The standard InChI is InChI=1S/C21H21Cl2F3N4O5S2.CO2/c1-5-11(21(24,25)26)30-37(33,34)10-7-6-9(13(22)14(10)23)16-15(19(31)32)27-18(36-16)17-29-28-12(35-17)8-20(2,3)4;2-1-3/h6-7,11,30H,5,8H2,1-4H3,(H,31,32);/t11-;/m0./s1. The molecule has 0 saturated carbocycles. The fraction of sp³-hybridized carbons (Fsp3) is 0.409. The lowest BCUT2D eigenvalue weighted by Crippen LogP contribution is -2.44. The molecule has 0 bridgehead atoms. The predicted molar refractivity (Wildman–Crippen MR) is 136 cm³/mol. The molecule has 2 aromatic heterocycles. The number of aromatic nitrogens is 3. The molecule has 18 heteroatoms. The highest BCUT2D eigenvalue weighted by atomic mass is 35.5. The van der Waals surface area contributed by atoms with Crippen molar-refractivity contribution >= 4 is 56.7 Å². The zero-order chi connectivity index (χ0) is 30.6. The van der Waals surface area contributed by atoms with Gasteiger partial charge in [-0.15, -0.1) is 21.5 Å². The number of carbonyl (C=O) groups is 1. The van der Waals surface area contributed by atoms with Gasteiger partial charge in [-0.3, -0.25) is 0 Å². The molecule has 0 fully saturated rings. The van der Waals surface area contributed by atoms with Crippen molar-refractivity contribution in [2.75, 3.05) is 0 Å². The minimum Gasteiger partial charge on any atom is -0.476 e. The summed E-state index contributed by atoms with van der Waals surface area (Å²) in [4.78, 5) is 31.5. The smallest absolute Gasteiger partial charge is 0.404 e. The Labute approximate surface area is 239 Å². The van der Waals surface area contributed by atoms with Crippen LogP contribution in [0.25, 0.3) is 21.3 Å². The number of benzene rings is 1. The first-order valence-electron chi connectivity index (χ1n) is 11.0. The van der Waals surface area contributed by atoms with E-state index >= 15 is 0 Å². The predicted octanol–water partition coefficient (Wildman–Crippen LogP) is 5.49. The zero-order valence-electron chi connectivity index (χ0n) is 21.1. The van der Waals surface area contributed by atoms with E-state index in [-0.39, 0.29) is 37.9 Å². The van der Waals surface area contributed by atoms with Crippen molar-refractivity contribution in [2.45, 2.75) is 57.7 Å². The molecule has 2 heterocycles. The third-order valence-corrected chi connectivity index (χ3v) is 8.43. The number of carbonyl (C=O) groups excluding carboxylic acids is 2. The van der Waals surface area contributed by atoms with E-state index in [0.717, 1.165) is 23.5 Å². The lowest BCUT2D eigenvalue weighted by Gasteiger charge is -2.20. The first-order valence-corrected chi connectivity index (χ1v) is 14.0. The number of alkyl halides is 3. The number of rotatable bonds is 8. The van der Waals surface area contributed by atoms with Crippen LogP contribution in [-0.2, 0) is 26.0 Å². The minimum atomic E-state index is -4.82. The van der Waals surface area contributed by atoms with Gasteiger partial charge in [-0.05, 0) is 17.9 Å². The number of hydrogen-bond acceptors (Lipinski definition) is 10. The Morgan fingerprint density at radius 2 is 1.77 bits per heavy atom. The maximum Gasteiger partial charge on any atom is 0.404 e. The molecule has 0 saturated heterocycles. The highest BCUT2D eigenvalue weighted by Gasteiger charge is 2.41. The van der Waals surface area contributed by atoms with E-state index in [0.29, 0.717) is 12.3 Å². The third kappa shape index (κ3) is 8.08. The van der Waals surface area contributed by atoms with Crippen molar-refractivity contribution in [2.24, 2.45) is 5.41 Å². The lowest BCUT2D eigenvalue weighted by molar-refractivity contribution is -0.191. The molecule has 0 aliphatic heterocycles. The van der Waals surface area contributed by atoms with Crippen LogP contribution in [0.5, 0.6) is 0 Å². The Morgan fingerprint density at radius 1 is 1.18 bits per heavy atom. The molecule has 0 unspecified atom stereocenters. The van der Waals surface area contributed by atoms with Gasteiger partial charge >= 0.3 is 18.3 Å². The van der Waals surface area contributed by atoms with Crippen LogP contribution in [0.2, 0.25) is 10.0 Å². The van der Waals surface area contributed by atoms with Gasteiger partial charge in [0.2, 0.25) is 15.9 Å². The summed E-state index contributed by atoms with van der Waals surface area (Å²) in [6.07, 6.45) is -4.66. The van der Waals surface area contributed by atoms with Gasteiger partial charge in [0.05, 0.1) is 14.9 Å². The van der Waals surface area contributed by atoms with Gasteiger partial charge in [-0.1, -0.05) is 57.0 Å². The van der Waals surface area contributed by atoms with E-state index in [2.05, 4.69) is 15.2 Å². The zero-order valence-corrected chi connectivity index (χ0v) is 24.2. The van der Waals surface area contributed by atoms with Crippen LogP contribution in [0.4, 0.5) is 13.2 Å². The molecule has 2 N–H and O–H groups in total. The fourth-order valence-electron chi connectivity index (χ4n) is 3.15. The molecular weight excluding hydrogens is 624 g/mol. The number of thiazole rings is 1. The highest BCUT2D eigenvalue weighted by Crippen LogP contribution is 2.43. The normalized spacial score (nSPS) is 12.8. The summed E-state index contributed by atoms with van der Waals surface area (Å²) < 4.78 is 71.8. The Morgan fingerprint density at radius 3 is 2.27 bits per heavy atom. The molecule has 1 atom stereocenters. The van der Waals surface area contributed by atoms with Crippen molar-refractivity contribution in [1.82, 2.24) is 19.9 Å². The maximum absolute atomic E-state index is 13.1. The van der Waals surface area contributed by atoms with Crippen molar-refractivity contribution < 1.29 is 45.5 Å². The number of halogens is 5. The first kappa shape index (κ1) is 33.3. The van der Waals surface area contributed by atoms with E-state index in [1.807, 2.05) is 20.8 Å². The van der Waals surface area contributed by atoms with Crippen LogP contribution in [0, 0.1) is 5.41 Å². The van der Waals surface area contributed by atoms with Crippen LogP contribution in [-0.4, -0.2) is 53.0 Å². The van der Waals surface area contributed by atoms with E-state index in [1.165, 1.54) is 6.92 Å². The average Bonchev–Trinajstić information content (AvgIpc) is 3.45. The summed E-state index contributed by atoms with van der Waals surface area (Å²) in [6, 6.07) is -0.263. The Balaban J connectivity index is 0.00000178. The molecule has 0 radical (unpaired) electrons. The van der Waals surface area contributed by atoms with Crippen molar-refractivity contribution in [3.63, 3.8) is 0 Å². The topological polar surface area (TPSA) is 169 Å². The van der Waals surface area contributed by atoms with Gasteiger partial charge in [0.25, 0.3) is 5.89 Å². The van der Waals surface area contributed by atoms with Gasteiger partial charge in [0.15, 0.2) is 10.7 Å². The first-order chi connectivity index (χ1) is 18.4. The maximum atomic E-state index is 13.1. The summed E-state index contributed by atoms with van der Waals surface area (Å²) in [6.45, 7) is 7.08. The average molecular weight is 645 g/mol. The number of nitrogens with zero attached hydrogens (tertiary/aromatic N) is 3. The molecule has 3 rings (SSSR count). The van der Waals surface area contributed by atoms with Crippen LogP contribution >= 0.6 is 34.5 Å². The third-order valence-electron chi connectivity index (χ3n) is 4.84. The monoisotopic (exact) mass is 644 g/mol. The largest absolute Gasteiger partial charge is 0.476 e. The molecule has 0 aliphatic carbocycles. The number of nitrogens with one attached hydrogen (secondary N) is 1. The number of carboxylic acid groups (broad SMARTS) is 1. The number of aromatic carboxylic acids is 1. The number of carboxylic acids is 1. The second kappa shape index (κ2) is 12.7. The van der Waals surface area contributed by atoms with Crippen molar-refractivity contribution in [1.29, 1.82) is 0 Å². The van der Waals surface area contributed by atoms with E-state index in [9.17, 15) is 31.5 Å². The second-order valence-electron chi connectivity index (χ2n) is 9.19. The van der Waals surface area contributed by atoms with Crippen molar-refractivity contribution in [3.05, 3.63) is 33.8 Å². The van der Waals surface area contributed by atoms with E-state index < -0.39 is 50.2 Å².